The predicted molar refractivity (Wildman–Crippen MR) is 176 cm³/mol. The highest BCUT2D eigenvalue weighted by atomic mass is 16.2. The molecule has 5 rings (SSSR count). The molecule has 224 valence electrons. The van der Waals surface area contributed by atoms with Crippen LogP contribution in [0.5, 0.6) is 0 Å². The van der Waals surface area contributed by atoms with E-state index in [1.54, 1.807) is 12.1 Å². The summed E-state index contributed by atoms with van der Waals surface area (Å²) < 4.78 is 0. The Morgan fingerprint density at radius 3 is 2.00 bits per heavy atom. The van der Waals surface area contributed by atoms with Gasteiger partial charge >= 0.3 is 0 Å². The van der Waals surface area contributed by atoms with Crippen LogP contribution in [0.2, 0.25) is 0 Å². The quantitative estimate of drug-likeness (QED) is 0.222. The summed E-state index contributed by atoms with van der Waals surface area (Å²) in [5, 5.41) is 7.74. The van der Waals surface area contributed by atoms with E-state index in [0.717, 1.165) is 64.7 Å². The predicted octanol–water partition coefficient (Wildman–Crippen LogP) is 6.87. The minimum Gasteiger partial charge on any atom is -0.362 e. The monoisotopic (exact) mass is 577 g/mol. The fourth-order valence-corrected chi connectivity index (χ4v) is 6.35. The van der Waals surface area contributed by atoms with Crippen LogP contribution in [0.4, 0.5) is 11.8 Å². The van der Waals surface area contributed by atoms with E-state index in [0.29, 0.717) is 35.1 Å². The van der Waals surface area contributed by atoms with Gasteiger partial charge in [0.2, 0.25) is 5.95 Å². The summed E-state index contributed by atoms with van der Waals surface area (Å²) in [4.78, 5) is 38.8. The van der Waals surface area contributed by atoms with Crippen LogP contribution in [0.25, 0.3) is 10.9 Å². The van der Waals surface area contributed by atoms with Gasteiger partial charge in [-0.25, -0.2) is 4.98 Å². The second-order valence-electron chi connectivity index (χ2n) is 12.2. The van der Waals surface area contributed by atoms with Crippen LogP contribution in [0.1, 0.15) is 79.8 Å². The molecule has 0 aliphatic heterocycles. The Labute approximate surface area is 255 Å². The SMILES string of the molecule is Cc1c(C)c(C)c(C(=O)c2ccccc2C(=O)NCC2CCC(Nc3nc(N(C)C)c4ccccc4n3)CC2)c(C)c1C. The average molecular weight is 578 g/mol. The zero-order valence-corrected chi connectivity index (χ0v) is 26.5. The molecule has 1 aliphatic carbocycles. The maximum absolute atomic E-state index is 13.9. The summed E-state index contributed by atoms with van der Waals surface area (Å²) in [6.45, 7) is 10.8. The highest BCUT2D eigenvalue weighted by molar-refractivity contribution is 6.16. The first kappa shape index (κ1) is 30.2. The lowest BCUT2D eigenvalue weighted by molar-refractivity contribution is 0.0932. The zero-order chi connectivity index (χ0) is 30.8. The molecule has 7 nitrogen and oxygen atoms in total. The zero-order valence-electron chi connectivity index (χ0n) is 26.5. The number of rotatable bonds is 8. The highest BCUT2D eigenvalue weighted by Crippen LogP contribution is 2.30. The van der Waals surface area contributed by atoms with Gasteiger partial charge in [-0.05, 0) is 112 Å². The Bertz CT molecular complexity index is 1660. The van der Waals surface area contributed by atoms with Gasteiger partial charge < -0.3 is 15.5 Å². The number of carbonyl (C=O) groups excluding carboxylic acids is 2. The first-order valence-corrected chi connectivity index (χ1v) is 15.3. The number of nitrogens with zero attached hydrogens (tertiary/aromatic N) is 3. The molecule has 3 aromatic carbocycles. The Morgan fingerprint density at radius 1 is 0.767 bits per heavy atom. The van der Waals surface area contributed by atoms with Gasteiger partial charge in [0, 0.05) is 43.2 Å². The lowest BCUT2D eigenvalue weighted by Gasteiger charge is -2.29. The van der Waals surface area contributed by atoms with Crippen molar-refractivity contribution in [2.75, 3.05) is 30.9 Å². The van der Waals surface area contributed by atoms with Gasteiger partial charge in [0.15, 0.2) is 5.78 Å². The van der Waals surface area contributed by atoms with Crippen LogP contribution in [0.3, 0.4) is 0 Å². The van der Waals surface area contributed by atoms with E-state index in [2.05, 4.69) is 37.5 Å². The molecular weight excluding hydrogens is 534 g/mol. The van der Waals surface area contributed by atoms with Crippen LogP contribution in [-0.2, 0) is 0 Å². The molecule has 1 saturated carbocycles. The molecule has 1 amide bonds. The minimum absolute atomic E-state index is 0.0909. The molecule has 1 fully saturated rings. The van der Waals surface area contributed by atoms with E-state index >= 15 is 0 Å². The number of nitrogens with one attached hydrogen (secondary N) is 2. The van der Waals surface area contributed by atoms with Crippen molar-refractivity contribution < 1.29 is 9.59 Å². The van der Waals surface area contributed by atoms with Crippen LogP contribution in [-0.4, -0.2) is 48.3 Å². The van der Waals surface area contributed by atoms with Crippen LogP contribution in [0.15, 0.2) is 48.5 Å². The largest absolute Gasteiger partial charge is 0.362 e. The molecule has 0 atom stereocenters. The van der Waals surface area contributed by atoms with Crippen molar-refractivity contribution in [3.05, 3.63) is 93.0 Å². The van der Waals surface area contributed by atoms with Gasteiger partial charge in [0.05, 0.1) is 11.1 Å². The van der Waals surface area contributed by atoms with Gasteiger partial charge in [0.1, 0.15) is 5.82 Å². The smallest absolute Gasteiger partial charge is 0.252 e. The highest BCUT2D eigenvalue weighted by Gasteiger charge is 2.26. The molecule has 0 radical (unpaired) electrons. The summed E-state index contributed by atoms with van der Waals surface area (Å²) in [6, 6.07) is 15.5. The molecule has 0 saturated heterocycles. The van der Waals surface area contributed by atoms with Crippen molar-refractivity contribution in [1.82, 2.24) is 15.3 Å². The third-order valence-electron chi connectivity index (χ3n) is 9.38. The lowest BCUT2D eigenvalue weighted by Crippen LogP contribution is -2.34. The van der Waals surface area contributed by atoms with E-state index < -0.39 is 0 Å². The molecule has 0 bridgehead atoms. The molecule has 1 aliphatic rings. The van der Waals surface area contributed by atoms with Gasteiger partial charge in [-0.15, -0.1) is 0 Å². The second-order valence-corrected chi connectivity index (χ2v) is 12.2. The standard InChI is InChI=1S/C36H43N5O2/c1-21-22(2)24(4)32(25(5)23(21)3)33(42)28-12-8-9-13-29(28)35(43)37-20-26-16-18-27(19-17-26)38-36-39-31-15-11-10-14-30(31)34(40-36)41(6)7/h8-15,26-27H,16-20H2,1-7H3,(H,37,43)(H,38,39,40). The first-order valence-electron chi connectivity index (χ1n) is 15.3. The summed E-state index contributed by atoms with van der Waals surface area (Å²) in [6.07, 6.45) is 3.95. The molecule has 0 spiro atoms. The number of amides is 1. The fourth-order valence-electron chi connectivity index (χ4n) is 6.35. The molecular formula is C36H43N5O2. The summed E-state index contributed by atoms with van der Waals surface area (Å²) in [5.41, 5.74) is 7.96. The van der Waals surface area contributed by atoms with Crippen molar-refractivity contribution in [1.29, 1.82) is 0 Å². The lowest BCUT2D eigenvalue weighted by atomic mass is 9.85. The topological polar surface area (TPSA) is 87.2 Å². The average Bonchev–Trinajstić information content (AvgIpc) is 3.02. The first-order chi connectivity index (χ1) is 20.6. The van der Waals surface area contributed by atoms with Crippen LogP contribution in [0, 0.1) is 40.5 Å². The third kappa shape index (κ3) is 6.12. The number of hydrogen-bond acceptors (Lipinski definition) is 6. The number of para-hydroxylation sites is 1. The molecule has 2 N–H and O–H groups in total. The number of carbonyl (C=O) groups is 2. The van der Waals surface area contributed by atoms with Gasteiger partial charge in [-0.2, -0.15) is 4.98 Å². The normalized spacial score (nSPS) is 16.6. The summed E-state index contributed by atoms with van der Waals surface area (Å²) in [7, 11) is 4.00. The van der Waals surface area contributed by atoms with E-state index in [9.17, 15) is 9.59 Å². The minimum atomic E-state index is -0.194. The molecule has 43 heavy (non-hydrogen) atoms. The van der Waals surface area contributed by atoms with Crippen molar-refractivity contribution in [2.24, 2.45) is 5.92 Å². The van der Waals surface area contributed by atoms with Crippen molar-refractivity contribution in [3.63, 3.8) is 0 Å². The Hall–Kier alpha value is -4.26. The van der Waals surface area contributed by atoms with E-state index in [-0.39, 0.29) is 17.7 Å². The summed E-state index contributed by atoms with van der Waals surface area (Å²) in [5.74, 6) is 1.66. The van der Waals surface area contributed by atoms with Crippen LogP contribution < -0.4 is 15.5 Å². The maximum atomic E-state index is 13.9. The number of anilines is 2. The van der Waals surface area contributed by atoms with Crippen molar-refractivity contribution in [3.8, 4) is 0 Å². The Balaban J connectivity index is 1.22. The van der Waals surface area contributed by atoms with Gasteiger partial charge in [0.25, 0.3) is 5.91 Å². The number of fused-ring (bicyclic) bond motifs is 1. The van der Waals surface area contributed by atoms with Gasteiger partial charge in [-0.3, -0.25) is 9.59 Å². The summed E-state index contributed by atoms with van der Waals surface area (Å²) >= 11 is 0. The van der Waals surface area contributed by atoms with Crippen molar-refractivity contribution >= 4 is 34.4 Å². The fraction of sp³-hybridized carbons (Fsp3) is 0.389. The van der Waals surface area contributed by atoms with Crippen molar-refractivity contribution in [2.45, 2.75) is 66.3 Å². The van der Waals surface area contributed by atoms with Gasteiger partial charge in [-0.1, -0.05) is 30.3 Å². The molecule has 1 aromatic heterocycles. The third-order valence-corrected chi connectivity index (χ3v) is 9.38. The van der Waals surface area contributed by atoms with Crippen LogP contribution >= 0.6 is 0 Å². The maximum Gasteiger partial charge on any atom is 0.252 e. The van der Waals surface area contributed by atoms with E-state index in [1.165, 1.54) is 5.56 Å². The number of ketones is 1. The Kier molecular flexibility index (Phi) is 8.81. The number of benzene rings is 3. The second kappa shape index (κ2) is 12.5. The molecule has 0 unspecified atom stereocenters. The van der Waals surface area contributed by atoms with E-state index in [4.69, 9.17) is 9.97 Å². The Morgan fingerprint density at radius 2 is 1.35 bits per heavy atom. The number of hydrogen-bond donors (Lipinski definition) is 2. The molecule has 4 aromatic rings. The molecule has 7 heteroatoms. The van der Waals surface area contributed by atoms with E-state index in [1.807, 2.05) is 63.2 Å². The molecule has 1 heterocycles. The number of aromatic nitrogens is 2.